The number of para-hydroxylation sites is 1. The molecule has 39 heavy (non-hydrogen) atoms. The smallest absolute Gasteiger partial charge is 0.250 e. The van der Waals surface area contributed by atoms with E-state index in [2.05, 4.69) is 10.6 Å². The first-order valence-corrected chi connectivity index (χ1v) is 14.1. The van der Waals surface area contributed by atoms with E-state index in [1.54, 1.807) is 12.1 Å². The van der Waals surface area contributed by atoms with Crippen LogP contribution in [0, 0.1) is 24.7 Å². The van der Waals surface area contributed by atoms with Gasteiger partial charge in [-0.15, -0.1) is 0 Å². The Morgan fingerprint density at radius 1 is 1.18 bits per heavy atom. The number of nitrogens with zero attached hydrogens (tertiary/aromatic N) is 1. The maximum Gasteiger partial charge on any atom is 0.250 e. The molecule has 8 nitrogen and oxygen atoms in total. The van der Waals surface area contributed by atoms with Crippen molar-refractivity contribution >= 4 is 35.0 Å². The Morgan fingerprint density at radius 2 is 1.92 bits per heavy atom. The van der Waals surface area contributed by atoms with Crippen LogP contribution in [0.5, 0.6) is 0 Å². The molecule has 1 spiro atoms. The van der Waals surface area contributed by atoms with Crippen molar-refractivity contribution in [3.8, 4) is 0 Å². The second kappa shape index (κ2) is 10.9. The van der Waals surface area contributed by atoms with Gasteiger partial charge in [0.1, 0.15) is 11.6 Å². The number of aliphatic hydroxyl groups excluding tert-OH is 1. The second-order valence-corrected chi connectivity index (χ2v) is 11.5. The van der Waals surface area contributed by atoms with Crippen molar-refractivity contribution < 1.29 is 24.2 Å². The number of fused-ring (bicyclic) bond motifs is 1. The van der Waals surface area contributed by atoms with E-state index in [1.807, 2.05) is 57.2 Å². The highest BCUT2D eigenvalue weighted by molar-refractivity contribution is 6.34. The molecule has 0 radical (unpaired) electrons. The predicted octanol–water partition coefficient (Wildman–Crippen LogP) is 3.68. The topological polar surface area (TPSA) is 108 Å². The summed E-state index contributed by atoms with van der Waals surface area (Å²) >= 11 is 6.43. The van der Waals surface area contributed by atoms with E-state index in [0.29, 0.717) is 36.5 Å². The number of hydrogen-bond acceptors (Lipinski definition) is 5. The van der Waals surface area contributed by atoms with Gasteiger partial charge in [-0.05, 0) is 42.9 Å². The van der Waals surface area contributed by atoms with Gasteiger partial charge in [0.2, 0.25) is 17.7 Å². The number of carbonyl (C=O) groups excluding carboxylic acids is 3. The number of anilines is 1. The molecule has 3 aliphatic rings. The molecule has 3 fully saturated rings. The number of hydrogen-bond donors (Lipinski definition) is 3. The van der Waals surface area contributed by atoms with Gasteiger partial charge in [-0.25, -0.2) is 0 Å². The molecule has 7 atom stereocenters. The van der Waals surface area contributed by atoms with Gasteiger partial charge in [-0.3, -0.25) is 14.4 Å². The summed E-state index contributed by atoms with van der Waals surface area (Å²) in [4.78, 5) is 43.4. The van der Waals surface area contributed by atoms with Crippen LogP contribution in [-0.4, -0.2) is 58.1 Å². The van der Waals surface area contributed by atoms with Crippen molar-refractivity contribution in [2.75, 3.05) is 11.9 Å². The fraction of sp³-hybridized carbons (Fsp3) is 0.500. The minimum absolute atomic E-state index is 0.0749. The van der Waals surface area contributed by atoms with E-state index >= 15 is 0 Å². The van der Waals surface area contributed by atoms with E-state index in [0.717, 1.165) is 11.1 Å². The summed E-state index contributed by atoms with van der Waals surface area (Å²) < 4.78 is 6.51. The summed E-state index contributed by atoms with van der Waals surface area (Å²) in [5.41, 5.74) is 1.06. The van der Waals surface area contributed by atoms with E-state index in [-0.39, 0.29) is 24.3 Å². The fourth-order valence-corrected chi connectivity index (χ4v) is 7.02. The summed E-state index contributed by atoms with van der Waals surface area (Å²) in [5, 5.41) is 16.8. The number of aliphatic hydroxyl groups is 1. The van der Waals surface area contributed by atoms with Crippen LogP contribution in [0.25, 0.3) is 0 Å². The molecular weight excluding hydrogens is 518 g/mol. The number of amides is 3. The van der Waals surface area contributed by atoms with Crippen molar-refractivity contribution in [3.05, 3.63) is 64.7 Å². The molecule has 0 aliphatic carbocycles. The first-order valence-electron chi connectivity index (χ1n) is 13.7. The highest BCUT2D eigenvalue weighted by Gasteiger charge is 2.75. The molecule has 2 unspecified atom stereocenters. The van der Waals surface area contributed by atoms with E-state index in [4.69, 9.17) is 16.3 Å². The van der Waals surface area contributed by atoms with E-state index in [1.165, 1.54) is 4.90 Å². The average Bonchev–Trinajstić information content (AvgIpc) is 3.58. The zero-order valence-corrected chi connectivity index (χ0v) is 23.3. The standard InChI is InChI=1S/C30H36ClN3O5/c1-4-17(2)21(16-35)34-26(28(37)33-25-18(3)9-8-12-20(25)31)30-14-13-22(39-30)23(24(30)29(34)38)27(36)32-15-19-10-6-5-7-11-19/h5-12,17,21-24,26,35H,4,13-16H2,1-3H3,(H,32,36)(H,33,37)/t17-,21-,22+,23-,24-,26?,30?/m0/s1. The third kappa shape index (κ3) is 4.62. The van der Waals surface area contributed by atoms with Crippen LogP contribution in [0.4, 0.5) is 5.69 Å². The predicted molar refractivity (Wildman–Crippen MR) is 148 cm³/mol. The Balaban J connectivity index is 1.50. The normalized spacial score (nSPS) is 28.7. The number of rotatable bonds is 9. The lowest BCUT2D eigenvalue weighted by atomic mass is 9.70. The Kier molecular flexibility index (Phi) is 7.73. The minimum atomic E-state index is -1.16. The molecule has 3 saturated heterocycles. The zero-order valence-electron chi connectivity index (χ0n) is 22.5. The monoisotopic (exact) mass is 553 g/mol. The molecule has 3 N–H and O–H groups in total. The number of aryl methyl sites for hydroxylation is 1. The van der Waals surface area contributed by atoms with Gasteiger partial charge in [0.05, 0.1) is 41.3 Å². The molecule has 9 heteroatoms. The molecule has 0 aromatic heterocycles. The SMILES string of the molecule is CC[C@H](C)[C@H](CO)N1C(=O)[C@@H]2[C@@H](C(=O)NCc3ccccc3)[C@H]3CCC2(O3)C1C(=O)Nc1c(C)cccc1Cl. The third-order valence-electron chi connectivity index (χ3n) is 8.91. The molecule has 2 bridgehead atoms. The first-order chi connectivity index (χ1) is 18.7. The van der Waals surface area contributed by atoms with Crippen molar-refractivity contribution in [1.29, 1.82) is 0 Å². The van der Waals surface area contributed by atoms with Gasteiger partial charge in [-0.2, -0.15) is 0 Å². The lowest BCUT2D eigenvalue weighted by Gasteiger charge is -2.38. The summed E-state index contributed by atoms with van der Waals surface area (Å²) in [7, 11) is 0. The summed E-state index contributed by atoms with van der Waals surface area (Å²) in [6.45, 7) is 5.82. The molecule has 3 heterocycles. The molecule has 2 aromatic rings. The van der Waals surface area contributed by atoms with Gasteiger partial charge in [-0.1, -0.05) is 74.3 Å². The number of nitrogens with one attached hydrogen (secondary N) is 2. The number of halogens is 1. The van der Waals surface area contributed by atoms with Gasteiger partial charge in [0.15, 0.2) is 0 Å². The lowest BCUT2D eigenvalue weighted by molar-refractivity contribution is -0.145. The quantitative estimate of drug-likeness (QED) is 0.439. The van der Waals surface area contributed by atoms with Gasteiger partial charge < -0.3 is 25.4 Å². The van der Waals surface area contributed by atoms with Crippen LogP contribution in [-0.2, 0) is 25.7 Å². The maximum absolute atomic E-state index is 14.2. The van der Waals surface area contributed by atoms with Crippen LogP contribution in [0.15, 0.2) is 48.5 Å². The molecule has 2 aromatic carbocycles. The van der Waals surface area contributed by atoms with Crippen LogP contribution < -0.4 is 10.6 Å². The summed E-state index contributed by atoms with van der Waals surface area (Å²) in [6, 6.07) is 13.3. The Labute approximate surface area is 234 Å². The molecule has 3 amide bonds. The molecule has 208 valence electrons. The Bertz CT molecular complexity index is 1240. The number of likely N-dealkylation sites (tertiary alicyclic amines) is 1. The molecule has 0 saturated carbocycles. The van der Waals surface area contributed by atoms with Crippen molar-refractivity contribution in [2.24, 2.45) is 17.8 Å². The van der Waals surface area contributed by atoms with E-state index in [9.17, 15) is 19.5 Å². The lowest BCUT2D eigenvalue weighted by Crippen LogP contribution is -2.57. The van der Waals surface area contributed by atoms with E-state index < -0.39 is 41.5 Å². The maximum atomic E-state index is 14.2. The van der Waals surface area contributed by atoms with Crippen LogP contribution in [0.3, 0.4) is 0 Å². The fourth-order valence-electron chi connectivity index (χ4n) is 6.75. The van der Waals surface area contributed by atoms with Crippen LogP contribution in [0.1, 0.15) is 44.2 Å². The summed E-state index contributed by atoms with van der Waals surface area (Å²) in [6.07, 6.45) is 1.30. The largest absolute Gasteiger partial charge is 0.394 e. The Hall–Kier alpha value is -2.94. The minimum Gasteiger partial charge on any atom is -0.394 e. The molecular formula is C30H36ClN3O5. The van der Waals surface area contributed by atoms with Crippen molar-refractivity contribution in [1.82, 2.24) is 10.2 Å². The first kappa shape index (κ1) is 27.6. The van der Waals surface area contributed by atoms with Crippen LogP contribution in [0.2, 0.25) is 5.02 Å². The molecule has 3 aliphatic heterocycles. The zero-order chi connectivity index (χ0) is 27.9. The Morgan fingerprint density at radius 3 is 2.59 bits per heavy atom. The number of carbonyl (C=O) groups is 3. The van der Waals surface area contributed by atoms with Gasteiger partial charge in [0.25, 0.3) is 0 Å². The highest BCUT2D eigenvalue weighted by atomic mass is 35.5. The molecule has 5 rings (SSSR count). The van der Waals surface area contributed by atoms with Crippen molar-refractivity contribution in [2.45, 2.75) is 70.4 Å². The second-order valence-electron chi connectivity index (χ2n) is 11.1. The number of ether oxygens (including phenoxy) is 1. The van der Waals surface area contributed by atoms with Crippen LogP contribution >= 0.6 is 11.6 Å². The van der Waals surface area contributed by atoms with Gasteiger partial charge >= 0.3 is 0 Å². The highest BCUT2D eigenvalue weighted by Crippen LogP contribution is 2.59. The summed E-state index contributed by atoms with van der Waals surface area (Å²) in [5.74, 6) is -2.59. The van der Waals surface area contributed by atoms with Gasteiger partial charge in [0, 0.05) is 6.54 Å². The van der Waals surface area contributed by atoms with Crippen molar-refractivity contribution in [3.63, 3.8) is 0 Å². The number of benzene rings is 2. The third-order valence-corrected chi connectivity index (χ3v) is 9.23. The average molecular weight is 554 g/mol.